The molecule has 1 aliphatic rings. The van der Waals surface area contributed by atoms with E-state index in [9.17, 15) is 19.5 Å². The molecular formula is C16H19N2O4S-. The molecule has 0 aliphatic heterocycles. The molecule has 0 bridgehead atoms. The van der Waals surface area contributed by atoms with Gasteiger partial charge in [-0.3, -0.25) is 9.59 Å². The van der Waals surface area contributed by atoms with Gasteiger partial charge in [0.1, 0.15) is 5.00 Å². The Bertz CT molecular complexity index is 663. The number of carbonyl (C=O) groups is 3. The largest absolute Gasteiger partial charge is 0.545 e. The summed E-state index contributed by atoms with van der Waals surface area (Å²) in [6.07, 6.45) is 6.43. The van der Waals surface area contributed by atoms with Crippen LogP contribution in [0.1, 0.15) is 47.0 Å². The average molecular weight is 335 g/mol. The van der Waals surface area contributed by atoms with E-state index in [1.165, 1.54) is 11.3 Å². The maximum atomic E-state index is 11.8. The van der Waals surface area contributed by atoms with E-state index in [-0.39, 0.29) is 0 Å². The van der Waals surface area contributed by atoms with Crippen LogP contribution in [-0.2, 0) is 22.4 Å². The second kappa shape index (κ2) is 7.41. The van der Waals surface area contributed by atoms with E-state index in [0.29, 0.717) is 22.6 Å². The zero-order valence-corrected chi connectivity index (χ0v) is 13.7. The number of aliphatic carboxylic acids is 1. The Kier molecular flexibility index (Phi) is 5.54. The Morgan fingerprint density at radius 3 is 2.74 bits per heavy atom. The lowest BCUT2D eigenvalue weighted by molar-refractivity contribution is -0.297. The van der Waals surface area contributed by atoms with Crippen LogP contribution in [0.3, 0.4) is 0 Å². The van der Waals surface area contributed by atoms with E-state index in [4.69, 9.17) is 5.73 Å². The van der Waals surface area contributed by atoms with Gasteiger partial charge in [0.15, 0.2) is 0 Å². The molecule has 2 amide bonds. The molecule has 0 fully saturated rings. The Morgan fingerprint density at radius 1 is 1.39 bits per heavy atom. The number of carboxylic acid groups (broad SMARTS) is 1. The van der Waals surface area contributed by atoms with Crippen molar-refractivity contribution in [3.05, 3.63) is 28.2 Å². The highest BCUT2D eigenvalue weighted by atomic mass is 32.1. The minimum atomic E-state index is -1.46. The fraction of sp³-hybridized carbons (Fsp3) is 0.438. The van der Waals surface area contributed by atoms with Gasteiger partial charge in [0.2, 0.25) is 5.91 Å². The molecule has 3 N–H and O–H groups in total. The first kappa shape index (κ1) is 17.2. The maximum Gasteiger partial charge on any atom is 0.251 e. The van der Waals surface area contributed by atoms with Crippen LogP contribution in [0.2, 0.25) is 0 Å². The van der Waals surface area contributed by atoms with Crippen molar-refractivity contribution in [1.29, 1.82) is 0 Å². The van der Waals surface area contributed by atoms with Crippen LogP contribution in [-0.4, -0.2) is 17.8 Å². The molecule has 0 saturated heterocycles. The lowest BCUT2D eigenvalue weighted by Gasteiger charge is -2.21. The summed E-state index contributed by atoms with van der Waals surface area (Å²) in [6.45, 7) is 2.15. The van der Waals surface area contributed by atoms with Crippen molar-refractivity contribution >= 4 is 34.1 Å². The van der Waals surface area contributed by atoms with Crippen LogP contribution >= 0.6 is 11.3 Å². The zero-order chi connectivity index (χ0) is 17.0. The van der Waals surface area contributed by atoms with Crippen LogP contribution < -0.4 is 16.2 Å². The standard InChI is InChI=1S/C16H20N2O4S/c1-2-3-9-4-5-10-11(8-9)23-16(14(10)15(17)22)18-12(19)6-7-13(20)21/h6-7,9H,2-5,8H2,1H3,(H2,17,22)(H,18,19)(H,20,21)/p-1/b7-6+/t9-/m1/s1. The number of hydrogen-bond acceptors (Lipinski definition) is 5. The third kappa shape index (κ3) is 4.19. The summed E-state index contributed by atoms with van der Waals surface area (Å²) in [7, 11) is 0. The van der Waals surface area contributed by atoms with Crippen molar-refractivity contribution in [2.75, 3.05) is 5.32 Å². The third-order valence-corrected chi connectivity index (χ3v) is 5.09. The summed E-state index contributed by atoms with van der Waals surface area (Å²) in [6, 6.07) is 0. The lowest BCUT2D eigenvalue weighted by Crippen LogP contribution is -2.21. The molecule has 124 valence electrons. The molecule has 0 radical (unpaired) electrons. The molecule has 0 unspecified atom stereocenters. The number of nitrogens with one attached hydrogen (secondary N) is 1. The fourth-order valence-electron chi connectivity index (χ4n) is 2.95. The smallest absolute Gasteiger partial charge is 0.251 e. The van der Waals surface area contributed by atoms with Crippen LogP contribution in [0, 0.1) is 5.92 Å². The Balaban J connectivity index is 2.25. The van der Waals surface area contributed by atoms with Crippen LogP contribution in [0.15, 0.2) is 12.2 Å². The van der Waals surface area contributed by atoms with Crippen LogP contribution in [0.4, 0.5) is 5.00 Å². The third-order valence-electron chi connectivity index (χ3n) is 3.92. The van der Waals surface area contributed by atoms with Gasteiger partial charge in [-0.25, -0.2) is 0 Å². The number of rotatable bonds is 6. The predicted molar refractivity (Wildman–Crippen MR) is 86.0 cm³/mol. The summed E-state index contributed by atoms with van der Waals surface area (Å²) >= 11 is 1.35. The van der Waals surface area contributed by atoms with Crippen molar-refractivity contribution in [3.63, 3.8) is 0 Å². The number of primary amides is 1. The highest BCUT2D eigenvalue weighted by molar-refractivity contribution is 7.17. The molecule has 1 heterocycles. The summed E-state index contributed by atoms with van der Waals surface area (Å²) < 4.78 is 0. The van der Waals surface area contributed by atoms with Crippen molar-refractivity contribution in [2.24, 2.45) is 11.7 Å². The van der Waals surface area contributed by atoms with Crippen molar-refractivity contribution in [1.82, 2.24) is 0 Å². The summed E-state index contributed by atoms with van der Waals surface area (Å²) in [5.74, 6) is -2.06. The molecule has 2 rings (SSSR count). The van der Waals surface area contributed by atoms with Gasteiger partial charge in [-0.05, 0) is 36.8 Å². The molecule has 1 atom stereocenters. The molecule has 6 nitrogen and oxygen atoms in total. The Labute approximate surface area is 138 Å². The van der Waals surface area contributed by atoms with Gasteiger partial charge in [-0.1, -0.05) is 19.8 Å². The molecule has 0 aromatic carbocycles. The molecule has 23 heavy (non-hydrogen) atoms. The summed E-state index contributed by atoms with van der Waals surface area (Å²) in [4.78, 5) is 34.9. The first-order chi connectivity index (χ1) is 10.9. The molecule has 7 heteroatoms. The van der Waals surface area contributed by atoms with Gasteiger partial charge in [-0.2, -0.15) is 0 Å². The number of amides is 2. The molecular weight excluding hydrogens is 316 g/mol. The Hall–Kier alpha value is -2.15. The van der Waals surface area contributed by atoms with Gasteiger partial charge in [0, 0.05) is 11.0 Å². The van der Waals surface area contributed by atoms with Crippen LogP contribution in [0.25, 0.3) is 0 Å². The van der Waals surface area contributed by atoms with Gasteiger partial charge in [0.25, 0.3) is 5.91 Å². The van der Waals surface area contributed by atoms with Gasteiger partial charge >= 0.3 is 0 Å². The second-order valence-corrected chi connectivity index (χ2v) is 6.72. The van der Waals surface area contributed by atoms with E-state index in [2.05, 4.69) is 12.2 Å². The SMILES string of the molecule is CCC[C@@H]1CCc2c(sc(NC(=O)/C=C/C(=O)[O-])c2C(N)=O)C1. The van der Waals surface area contributed by atoms with Gasteiger partial charge in [-0.15, -0.1) is 11.3 Å². The van der Waals surface area contributed by atoms with Gasteiger partial charge < -0.3 is 21.0 Å². The number of hydrogen-bond donors (Lipinski definition) is 2. The first-order valence-electron chi connectivity index (χ1n) is 7.56. The monoisotopic (exact) mass is 335 g/mol. The lowest BCUT2D eigenvalue weighted by atomic mass is 9.84. The molecule has 1 aromatic rings. The minimum Gasteiger partial charge on any atom is -0.545 e. The maximum absolute atomic E-state index is 11.8. The molecule has 0 spiro atoms. The normalized spacial score (nSPS) is 17.0. The highest BCUT2D eigenvalue weighted by Gasteiger charge is 2.28. The number of carbonyl (C=O) groups excluding carboxylic acids is 3. The topological polar surface area (TPSA) is 112 Å². The van der Waals surface area contributed by atoms with E-state index < -0.39 is 17.8 Å². The summed E-state index contributed by atoms with van der Waals surface area (Å²) in [5.41, 5.74) is 6.75. The zero-order valence-electron chi connectivity index (χ0n) is 12.9. The molecule has 1 aromatic heterocycles. The van der Waals surface area contributed by atoms with Crippen molar-refractivity contribution in [2.45, 2.75) is 39.0 Å². The number of thiophene rings is 1. The van der Waals surface area contributed by atoms with Crippen molar-refractivity contribution in [3.8, 4) is 0 Å². The number of fused-ring (bicyclic) bond motifs is 1. The van der Waals surface area contributed by atoms with Crippen molar-refractivity contribution < 1.29 is 19.5 Å². The fourth-order valence-corrected chi connectivity index (χ4v) is 4.33. The number of anilines is 1. The van der Waals surface area contributed by atoms with E-state index in [1.807, 2.05) is 0 Å². The average Bonchev–Trinajstić information content (AvgIpc) is 2.82. The van der Waals surface area contributed by atoms with E-state index in [0.717, 1.165) is 48.6 Å². The van der Waals surface area contributed by atoms with E-state index in [1.54, 1.807) is 0 Å². The second-order valence-electron chi connectivity index (χ2n) is 5.61. The van der Waals surface area contributed by atoms with Gasteiger partial charge in [0.05, 0.1) is 11.5 Å². The predicted octanol–water partition coefficient (Wildman–Crippen LogP) is 0.997. The summed E-state index contributed by atoms with van der Waals surface area (Å²) in [5, 5.41) is 13.3. The van der Waals surface area contributed by atoms with Crippen LogP contribution in [0.5, 0.6) is 0 Å². The first-order valence-corrected chi connectivity index (χ1v) is 8.38. The minimum absolute atomic E-state index is 0.357. The quantitative estimate of drug-likeness (QED) is 0.755. The highest BCUT2D eigenvalue weighted by Crippen LogP contribution is 2.40. The number of nitrogens with two attached hydrogens (primary N) is 1. The number of carboxylic acids is 1. The van der Waals surface area contributed by atoms with E-state index >= 15 is 0 Å². The molecule has 0 saturated carbocycles. The molecule has 1 aliphatic carbocycles. The Morgan fingerprint density at radius 2 is 2.13 bits per heavy atom.